The molecule has 1 heterocycles. The van der Waals surface area contributed by atoms with Gasteiger partial charge in [-0.25, -0.2) is 9.78 Å². The zero-order valence-corrected chi connectivity index (χ0v) is 15.3. The van der Waals surface area contributed by atoms with E-state index in [0.717, 1.165) is 10.7 Å². The summed E-state index contributed by atoms with van der Waals surface area (Å²) in [7, 11) is 0. The molecule has 0 aliphatic rings. The van der Waals surface area contributed by atoms with Crippen LogP contribution < -0.4 is 10.6 Å². The number of nitrogens with zero attached hydrogens (tertiary/aromatic N) is 1. The van der Waals surface area contributed by atoms with Gasteiger partial charge in [-0.1, -0.05) is 44.2 Å². The van der Waals surface area contributed by atoms with Crippen LogP contribution in [0.4, 0.5) is 9.93 Å². The van der Waals surface area contributed by atoms with Gasteiger partial charge < -0.3 is 15.4 Å². The minimum absolute atomic E-state index is 0.00431. The lowest BCUT2D eigenvalue weighted by Crippen LogP contribution is -2.28. The average molecular weight is 361 g/mol. The molecular formula is C18H23N3O3S. The van der Waals surface area contributed by atoms with Crippen LogP contribution in [-0.2, 0) is 16.1 Å². The van der Waals surface area contributed by atoms with Crippen LogP contribution in [0.1, 0.15) is 36.6 Å². The highest BCUT2D eigenvalue weighted by atomic mass is 32.1. The van der Waals surface area contributed by atoms with E-state index in [0.29, 0.717) is 5.92 Å². The standard InChI is InChI=1S/C18H23N3O3S/c1-13(2)16-11-21-17(25-16)20-10-15(22)8-9-19-18(23)24-12-14-6-4-3-5-7-14/h3-7,11,13H,8-10,12H2,1-2H3,(H,19,23)(H,20,21). The first-order valence-corrected chi connectivity index (χ1v) is 9.02. The van der Waals surface area contributed by atoms with Gasteiger partial charge in [0.15, 0.2) is 10.9 Å². The van der Waals surface area contributed by atoms with Gasteiger partial charge in [0, 0.05) is 24.0 Å². The number of carbonyl (C=O) groups excluding carboxylic acids is 2. The monoisotopic (exact) mass is 361 g/mol. The number of hydrogen-bond acceptors (Lipinski definition) is 6. The number of aromatic nitrogens is 1. The Kier molecular flexibility index (Phi) is 7.40. The molecule has 0 aliphatic heterocycles. The van der Waals surface area contributed by atoms with Crippen molar-refractivity contribution in [1.82, 2.24) is 10.3 Å². The molecule has 134 valence electrons. The van der Waals surface area contributed by atoms with Crippen molar-refractivity contribution in [2.24, 2.45) is 0 Å². The summed E-state index contributed by atoms with van der Waals surface area (Å²) in [6.45, 7) is 4.87. The van der Waals surface area contributed by atoms with Crippen LogP contribution in [0.2, 0.25) is 0 Å². The fourth-order valence-electron chi connectivity index (χ4n) is 1.98. The van der Waals surface area contributed by atoms with Crippen molar-refractivity contribution in [3.8, 4) is 0 Å². The van der Waals surface area contributed by atoms with E-state index >= 15 is 0 Å². The zero-order chi connectivity index (χ0) is 18.1. The fourth-order valence-corrected chi connectivity index (χ4v) is 2.79. The Bertz CT molecular complexity index is 686. The van der Waals surface area contributed by atoms with E-state index in [1.807, 2.05) is 36.5 Å². The molecule has 0 saturated heterocycles. The van der Waals surface area contributed by atoms with E-state index in [4.69, 9.17) is 4.74 Å². The number of ether oxygens (including phenoxy) is 1. The number of amides is 1. The molecule has 1 aromatic carbocycles. The Balaban J connectivity index is 1.59. The maximum Gasteiger partial charge on any atom is 0.407 e. The lowest BCUT2D eigenvalue weighted by Gasteiger charge is -2.07. The fraction of sp³-hybridized carbons (Fsp3) is 0.389. The Morgan fingerprint density at radius 1 is 1.24 bits per heavy atom. The number of nitrogens with one attached hydrogen (secondary N) is 2. The van der Waals surface area contributed by atoms with Crippen LogP contribution >= 0.6 is 11.3 Å². The molecule has 2 aromatic rings. The second kappa shape index (κ2) is 9.78. The van der Waals surface area contributed by atoms with Crippen LogP contribution in [-0.4, -0.2) is 29.9 Å². The molecule has 2 N–H and O–H groups in total. The third-order valence-corrected chi connectivity index (χ3v) is 4.67. The predicted octanol–water partition coefficient (Wildman–Crippen LogP) is 3.56. The van der Waals surface area contributed by atoms with E-state index in [1.165, 1.54) is 4.88 Å². The van der Waals surface area contributed by atoms with Crippen LogP contribution in [0.5, 0.6) is 0 Å². The number of Topliss-reactive ketones (excluding diaryl/α,β-unsaturated/α-hetero) is 1. The Morgan fingerprint density at radius 2 is 2.00 bits per heavy atom. The summed E-state index contributed by atoms with van der Waals surface area (Å²) < 4.78 is 5.08. The van der Waals surface area contributed by atoms with E-state index in [1.54, 1.807) is 11.3 Å². The Hall–Kier alpha value is -2.41. The molecule has 0 fully saturated rings. The molecule has 0 bridgehead atoms. The molecule has 2 rings (SSSR count). The zero-order valence-electron chi connectivity index (χ0n) is 14.5. The number of rotatable bonds is 9. The Morgan fingerprint density at radius 3 is 2.68 bits per heavy atom. The van der Waals surface area contributed by atoms with Gasteiger partial charge >= 0.3 is 6.09 Å². The number of carbonyl (C=O) groups is 2. The summed E-state index contributed by atoms with van der Waals surface area (Å²) in [4.78, 5) is 28.8. The van der Waals surface area contributed by atoms with Crippen molar-refractivity contribution < 1.29 is 14.3 Å². The second-order valence-corrected chi connectivity index (χ2v) is 6.92. The van der Waals surface area contributed by atoms with Gasteiger partial charge in [-0.05, 0) is 11.5 Å². The summed E-state index contributed by atoms with van der Waals surface area (Å²) in [5, 5.41) is 6.34. The predicted molar refractivity (Wildman–Crippen MR) is 98.9 cm³/mol. The van der Waals surface area contributed by atoms with E-state index in [-0.39, 0.29) is 31.9 Å². The molecule has 0 atom stereocenters. The minimum atomic E-state index is -0.522. The van der Waals surface area contributed by atoms with Crippen molar-refractivity contribution in [3.05, 3.63) is 47.0 Å². The summed E-state index contributed by atoms with van der Waals surface area (Å²) in [6, 6.07) is 9.43. The molecule has 1 aromatic heterocycles. The smallest absolute Gasteiger partial charge is 0.407 e. The highest BCUT2D eigenvalue weighted by Crippen LogP contribution is 2.24. The van der Waals surface area contributed by atoms with E-state index in [2.05, 4.69) is 29.5 Å². The molecule has 25 heavy (non-hydrogen) atoms. The maximum absolute atomic E-state index is 11.8. The minimum Gasteiger partial charge on any atom is -0.445 e. The van der Waals surface area contributed by atoms with Gasteiger partial charge in [-0.3, -0.25) is 4.79 Å². The summed E-state index contributed by atoms with van der Waals surface area (Å²) in [6.07, 6.45) is 1.55. The van der Waals surface area contributed by atoms with E-state index in [9.17, 15) is 9.59 Å². The van der Waals surface area contributed by atoms with Crippen molar-refractivity contribution >= 4 is 28.3 Å². The number of hydrogen-bond donors (Lipinski definition) is 2. The number of anilines is 1. The highest BCUT2D eigenvalue weighted by Gasteiger charge is 2.08. The average Bonchev–Trinajstić information content (AvgIpc) is 3.08. The van der Waals surface area contributed by atoms with Gasteiger partial charge in [0.1, 0.15) is 6.61 Å². The van der Waals surface area contributed by atoms with Crippen molar-refractivity contribution in [3.63, 3.8) is 0 Å². The Labute approximate surface area is 151 Å². The lowest BCUT2D eigenvalue weighted by atomic mass is 10.2. The van der Waals surface area contributed by atoms with Gasteiger partial charge in [0.25, 0.3) is 0 Å². The van der Waals surface area contributed by atoms with Crippen LogP contribution in [0.25, 0.3) is 0 Å². The van der Waals surface area contributed by atoms with Crippen molar-refractivity contribution in [2.45, 2.75) is 32.8 Å². The van der Waals surface area contributed by atoms with Crippen LogP contribution in [0, 0.1) is 0 Å². The van der Waals surface area contributed by atoms with Crippen molar-refractivity contribution in [2.75, 3.05) is 18.4 Å². The largest absolute Gasteiger partial charge is 0.445 e. The van der Waals surface area contributed by atoms with E-state index < -0.39 is 6.09 Å². The second-order valence-electron chi connectivity index (χ2n) is 5.85. The topological polar surface area (TPSA) is 80.3 Å². The van der Waals surface area contributed by atoms with Crippen molar-refractivity contribution in [1.29, 1.82) is 0 Å². The van der Waals surface area contributed by atoms with Gasteiger partial charge in [-0.15, -0.1) is 11.3 Å². The molecule has 0 spiro atoms. The number of benzene rings is 1. The summed E-state index contributed by atoms with van der Waals surface area (Å²) >= 11 is 1.55. The highest BCUT2D eigenvalue weighted by molar-refractivity contribution is 7.15. The molecular weight excluding hydrogens is 338 g/mol. The van der Waals surface area contributed by atoms with Gasteiger partial charge in [0.2, 0.25) is 0 Å². The lowest BCUT2D eigenvalue weighted by molar-refractivity contribution is -0.117. The SMILES string of the molecule is CC(C)c1cnc(NCC(=O)CCNC(=O)OCc2ccccc2)s1. The third-order valence-electron chi connectivity index (χ3n) is 3.42. The number of alkyl carbamates (subject to hydrolysis) is 1. The molecule has 7 heteroatoms. The van der Waals surface area contributed by atoms with Gasteiger partial charge in [-0.2, -0.15) is 0 Å². The molecule has 6 nitrogen and oxygen atoms in total. The van der Waals surface area contributed by atoms with Crippen LogP contribution in [0.3, 0.4) is 0 Å². The third kappa shape index (κ3) is 6.93. The first-order chi connectivity index (χ1) is 12.0. The molecule has 0 saturated carbocycles. The number of ketones is 1. The number of thiazole rings is 1. The summed E-state index contributed by atoms with van der Waals surface area (Å²) in [5.74, 6) is 0.430. The summed E-state index contributed by atoms with van der Waals surface area (Å²) in [5.41, 5.74) is 0.919. The normalized spacial score (nSPS) is 10.5. The first-order valence-electron chi connectivity index (χ1n) is 8.20. The van der Waals surface area contributed by atoms with Gasteiger partial charge in [0.05, 0.1) is 6.54 Å². The molecule has 0 aliphatic carbocycles. The molecule has 1 amide bonds. The molecule has 0 unspecified atom stereocenters. The molecule has 0 radical (unpaired) electrons. The first kappa shape index (κ1) is 18.9. The quantitative estimate of drug-likeness (QED) is 0.714. The maximum atomic E-state index is 11.8. The van der Waals surface area contributed by atoms with Crippen LogP contribution in [0.15, 0.2) is 36.5 Å².